The zero-order valence-electron chi connectivity index (χ0n) is 12.2. The van der Waals surface area contributed by atoms with Crippen LogP contribution in [-0.2, 0) is 16.1 Å². The first-order chi connectivity index (χ1) is 10.9. The van der Waals surface area contributed by atoms with Gasteiger partial charge in [-0.15, -0.1) is 0 Å². The topological polar surface area (TPSA) is 56.1 Å². The maximum absolute atomic E-state index is 11.9. The second-order valence-corrected chi connectivity index (χ2v) is 4.82. The van der Waals surface area contributed by atoms with E-state index >= 15 is 0 Å². The van der Waals surface area contributed by atoms with Gasteiger partial charge in [0.1, 0.15) is 6.61 Å². The van der Waals surface area contributed by atoms with Crippen molar-refractivity contribution in [2.24, 2.45) is 0 Å². The number of ether oxygens (including phenoxy) is 1. The summed E-state index contributed by atoms with van der Waals surface area (Å²) in [4.78, 5) is 11.5. The third-order valence-electron chi connectivity index (χ3n) is 2.89. The van der Waals surface area contributed by atoms with Crippen LogP contribution in [0.15, 0.2) is 42.7 Å². The van der Waals surface area contributed by atoms with Gasteiger partial charge in [0.25, 0.3) is 0 Å². The number of nitrogens with zero attached hydrogens (tertiary/aromatic N) is 2. The predicted molar refractivity (Wildman–Crippen MR) is 76.9 cm³/mol. The first-order valence-corrected chi connectivity index (χ1v) is 6.94. The Bertz CT molecular complexity index is 626. The molecule has 0 aliphatic rings. The summed E-state index contributed by atoms with van der Waals surface area (Å²) in [6.07, 6.45) is -1.10. The molecular formula is C15H16F3N3O2. The second-order valence-electron chi connectivity index (χ2n) is 4.82. The molecule has 0 bridgehead atoms. The van der Waals surface area contributed by atoms with Gasteiger partial charge in [0, 0.05) is 24.7 Å². The number of carbonyl (C=O) groups is 1. The van der Waals surface area contributed by atoms with Gasteiger partial charge in [-0.3, -0.25) is 4.79 Å². The number of rotatable bonds is 7. The van der Waals surface area contributed by atoms with E-state index in [0.717, 1.165) is 11.3 Å². The zero-order chi connectivity index (χ0) is 16.7. The lowest BCUT2D eigenvalue weighted by molar-refractivity contribution is -0.174. The number of amides is 1. The molecule has 0 aliphatic carbocycles. The second kappa shape index (κ2) is 7.77. The summed E-state index contributed by atoms with van der Waals surface area (Å²) in [5.74, 6) is -0.375. The quantitative estimate of drug-likeness (QED) is 0.795. The molecule has 0 atom stereocenters. The van der Waals surface area contributed by atoms with E-state index < -0.39 is 12.8 Å². The van der Waals surface area contributed by atoms with Gasteiger partial charge in [-0.1, -0.05) is 18.2 Å². The normalized spacial score (nSPS) is 11.4. The molecule has 124 valence electrons. The zero-order valence-corrected chi connectivity index (χ0v) is 12.2. The Hall–Kier alpha value is -2.35. The van der Waals surface area contributed by atoms with Crippen LogP contribution in [0.2, 0.25) is 0 Å². The van der Waals surface area contributed by atoms with Gasteiger partial charge in [-0.25, -0.2) is 4.68 Å². The first-order valence-electron chi connectivity index (χ1n) is 6.94. The highest BCUT2D eigenvalue weighted by molar-refractivity contribution is 5.75. The lowest BCUT2D eigenvalue weighted by Crippen LogP contribution is -2.25. The molecule has 8 heteroatoms. The minimum atomic E-state index is -4.37. The van der Waals surface area contributed by atoms with Crippen LogP contribution < -0.4 is 5.32 Å². The van der Waals surface area contributed by atoms with Gasteiger partial charge in [0.15, 0.2) is 0 Å². The van der Waals surface area contributed by atoms with Crippen LogP contribution in [-0.4, -0.2) is 35.1 Å². The van der Waals surface area contributed by atoms with Crippen LogP contribution in [0.5, 0.6) is 0 Å². The van der Waals surface area contributed by atoms with Gasteiger partial charge in [-0.05, 0) is 12.1 Å². The van der Waals surface area contributed by atoms with Crippen LogP contribution in [0, 0.1) is 0 Å². The average Bonchev–Trinajstić information content (AvgIpc) is 2.98. The summed E-state index contributed by atoms with van der Waals surface area (Å²) in [5, 5.41) is 6.79. The van der Waals surface area contributed by atoms with Crippen LogP contribution in [0.25, 0.3) is 5.69 Å². The molecule has 2 rings (SSSR count). The molecule has 0 unspecified atom stereocenters. The van der Waals surface area contributed by atoms with Crippen molar-refractivity contribution < 1.29 is 22.7 Å². The van der Waals surface area contributed by atoms with E-state index in [1.807, 2.05) is 30.3 Å². The molecule has 0 spiro atoms. The van der Waals surface area contributed by atoms with Crippen molar-refractivity contribution in [1.82, 2.24) is 15.1 Å². The van der Waals surface area contributed by atoms with Gasteiger partial charge >= 0.3 is 6.18 Å². The third kappa shape index (κ3) is 6.11. The summed E-state index contributed by atoms with van der Waals surface area (Å²) in [6, 6.07) is 9.47. The molecule has 0 aliphatic heterocycles. The summed E-state index contributed by atoms with van der Waals surface area (Å²) in [6.45, 7) is -1.36. The van der Waals surface area contributed by atoms with Crippen LogP contribution in [0.1, 0.15) is 12.0 Å². The molecule has 2 aromatic rings. The SMILES string of the molecule is O=C(CCOCC(F)(F)F)NCc1cnn(-c2ccccc2)c1. The van der Waals surface area contributed by atoms with E-state index in [0.29, 0.717) is 0 Å². The molecule has 5 nitrogen and oxygen atoms in total. The molecular weight excluding hydrogens is 311 g/mol. The van der Waals surface area contributed by atoms with Gasteiger partial charge in [-0.2, -0.15) is 18.3 Å². The predicted octanol–water partition coefficient (Wildman–Crippen LogP) is 2.46. The Kier molecular flexibility index (Phi) is 5.75. The Morgan fingerprint density at radius 2 is 2.00 bits per heavy atom. The Labute approximate surface area is 131 Å². The maximum atomic E-state index is 11.9. The summed E-state index contributed by atoms with van der Waals surface area (Å²) in [7, 11) is 0. The van der Waals surface area contributed by atoms with E-state index in [9.17, 15) is 18.0 Å². The Morgan fingerprint density at radius 3 is 2.70 bits per heavy atom. The van der Waals surface area contributed by atoms with Crippen LogP contribution >= 0.6 is 0 Å². The number of hydrogen-bond acceptors (Lipinski definition) is 3. The summed E-state index contributed by atoms with van der Waals surface area (Å²) in [5.41, 5.74) is 1.68. The largest absolute Gasteiger partial charge is 0.411 e. The molecule has 0 saturated carbocycles. The molecule has 1 amide bonds. The Morgan fingerprint density at radius 1 is 1.26 bits per heavy atom. The smallest absolute Gasteiger partial charge is 0.372 e. The number of nitrogens with one attached hydrogen (secondary N) is 1. The van der Waals surface area contributed by atoms with Gasteiger partial charge in [0.2, 0.25) is 5.91 Å². The highest BCUT2D eigenvalue weighted by atomic mass is 19.4. The number of benzene rings is 1. The molecule has 23 heavy (non-hydrogen) atoms. The molecule has 1 aromatic carbocycles. The molecule has 1 heterocycles. The van der Waals surface area contributed by atoms with Gasteiger partial charge in [0.05, 0.1) is 18.5 Å². The van der Waals surface area contributed by atoms with E-state index in [1.165, 1.54) is 0 Å². The van der Waals surface area contributed by atoms with Crippen molar-refractivity contribution in [2.45, 2.75) is 19.1 Å². The Balaban J connectivity index is 1.72. The van der Waals surface area contributed by atoms with Crippen molar-refractivity contribution in [2.75, 3.05) is 13.2 Å². The lowest BCUT2D eigenvalue weighted by Gasteiger charge is -2.07. The molecule has 0 radical (unpaired) electrons. The summed E-state index contributed by atoms with van der Waals surface area (Å²) >= 11 is 0. The minimum absolute atomic E-state index is 0.122. The molecule has 0 fully saturated rings. The summed E-state index contributed by atoms with van der Waals surface area (Å²) < 4.78 is 41.6. The minimum Gasteiger partial charge on any atom is -0.372 e. The average molecular weight is 327 g/mol. The fourth-order valence-corrected chi connectivity index (χ4v) is 1.82. The van der Waals surface area contributed by atoms with E-state index in [-0.39, 0.29) is 25.5 Å². The number of alkyl halides is 3. The van der Waals surface area contributed by atoms with Crippen LogP contribution in [0.3, 0.4) is 0 Å². The van der Waals surface area contributed by atoms with Crippen molar-refractivity contribution in [3.05, 3.63) is 48.3 Å². The van der Waals surface area contributed by atoms with Gasteiger partial charge < -0.3 is 10.1 Å². The lowest BCUT2D eigenvalue weighted by atomic mass is 10.3. The monoisotopic (exact) mass is 327 g/mol. The van der Waals surface area contributed by atoms with Crippen molar-refractivity contribution in [3.63, 3.8) is 0 Å². The third-order valence-corrected chi connectivity index (χ3v) is 2.89. The van der Waals surface area contributed by atoms with E-state index in [1.54, 1.807) is 17.1 Å². The molecule has 1 N–H and O–H groups in total. The van der Waals surface area contributed by atoms with E-state index in [2.05, 4.69) is 15.2 Å². The number of aromatic nitrogens is 2. The van der Waals surface area contributed by atoms with Crippen molar-refractivity contribution >= 4 is 5.91 Å². The van der Waals surface area contributed by atoms with Crippen LogP contribution in [0.4, 0.5) is 13.2 Å². The van der Waals surface area contributed by atoms with Crippen molar-refractivity contribution in [1.29, 1.82) is 0 Å². The number of para-hydroxylation sites is 1. The van der Waals surface area contributed by atoms with E-state index in [4.69, 9.17) is 0 Å². The fourth-order valence-electron chi connectivity index (χ4n) is 1.82. The number of hydrogen-bond donors (Lipinski definition) is 1. The standard InChI is InChI=1S/C15H16F3N3O2/c16-15(17,18)11-23-7-6-14(22)19-8-12-9-20-21(10-12)13-4-2-1-3-5-13/h1-5,9-10H,6-8,11H2,(H,19,22). The number of carbonyl (C=O) groups excluding carboxylic acids is 1. The number of halogens is 3. The molecule has 1 aromatic heterocycles. The van der Waals surface area contributed by atoms with Crippen molar-refractivity contribution in [3.8, 4) is 5.69 Å². The molecule has 0 saturated heterocycles. The highest BCUT2D eigenvalue weighted by Gasteiger charge is 2.27. The highest BCUT2D eigenvalue weighted by Crippen LogP contribution is 2.14. The fraction of sp³-hybridized carbons (Fsp3) is 0.333. The maximum Gasteiger partial charge on any atom is 0.411 e. The first kappa shape index (κ1) is 17.0.